The quantitative estimate of drug-likeness (QED) is 0.165. The molecule has 1 N–H and O–H groups in total. The Bertz CT molecular complexity index is 1450. The largest absolute Gasteiger partial charge is 0.546 e. The highest BCUT2D eigenvalue weighted by Crippen LogP contribution is 2.21. The summed E-state index contributed by atoms with van der Waals surface area (Å²) in [6, 6.07) is 22.8. The minimum absolute atomic E-state index is 0.0439. The Morgan fingerprint density at radius 1 is 1.03 bits per heavy atom. The average Bonchev–Trinajstić information content (AvgIpc) is 2.87. The Hall–Kier alpha value is -4.44. The number of carbonyl (C=O) groups is 2. The lowest BCUT2D eigenvalue weighted by Crippen LogP contribution is -2.29. The molecule has 0 bridgehead atoms. The number of benzene rings is 3. The summed E-state index contributed by atoms with van der Waals surface area (Å²) < 4.78 is 6.63. The molecule has 176 valence electrons. The Morgan fingerprint density at radius 3 is 2.54 bits per heavy atom. The number of thioether (sulfide) groups is 1. The maximum Gasteiger partial charge on any atom is 0.266 e. The van der Waals surface area contributed by atoms with E-state index < -0.39 is 18.5 Å². The summed E-state index contributed by atoms with van der Waals surface area (Å²) in [6.07, 6.45) is 1.35. The molecular weight excluding hydrogens is 468 g/mol. The monoisotopic (exact) mass is 487 g/mol. The number of carboxylic acids is 1. The Kier molecular flexibility index (Phi) is 7.53. The van der Waals surface area contributed by atoms with Gasteiger partial charge in [-0.25, -0.2) is 10.4 Å². The number of nitrogens with zero attached hydrogens (tertiary/aromatic N) is 3. The molecule has 0 unspecified atom stereocenters. The third-order valence-electron chi connectivity index (χ3n) is 4.75. The Balaban J connectivity index is 1.49. The van der Waals surface area contributed by atoms with Crippen LogP contribution in [-0.2, 0) is 9.59 Å². The first-order chi connectivity index (χ1) is 17.0. The number of carboxylic acid groups (broad SMARTS) is 1. The van der Waals surface area contributed by atoms with Crippen LogP contribution >= 0.6 is 11.8 Å². The molecule has 1 amide bonds. The van der Waals surface area contributed by atoms with Gasteiger partial charge in [-0.3, -0.25) is 14.2 Å². The number of hydrogen-bond donors (Lipinski definition) is 1. The van der Waals surface area contributed by atoms with Crippen molar-refractivity contribution in [1.82, 2.24) is 15.0 Å². The molecule has 0 fully saturated rings. The average molecular weight is 488 g/mol. The van der Waals surface area contributed by atoms with Gasteiger partial charge in [-0.05, 0) is 36.4 Å². The van der Waals surface area contributed by atoms with Crippen molar-refractivity contribution in [3.8, 4) is 11.4 Å². The van der Waals surface area contributed by atoms with E-state index in [4.69, 9.17) is 4.74 Å². The lowest BCUT2D eigenvalue weighted by Gasteiger charge is -2.12. The van der Waals surface area contributed by atoms with Gasteiger partial charge < -0.3 is 14.6 Å². The number of fused-ring (bicyclic) bond motifs is 1. The zero-order valence-corrected chi connectivity index (χ0v) is 19.1. The summed E-state index contributed by atoms with van der Waals surface area (Å²) in [5, 5.41) is 15.4. The highest BCUT2D eigenvalue weighted by atomic mass is 32.2. The topological polar surface area (TPSA) is 126 Å². The lowest BCUT2D eigenvalue weighted by atomic mass is 10.2. The maximum atomic E-state index is 13.2. The maximum absolute atomic E-state index is 13.2. The number of ether oxygens (including phenoxy) is 1. The van der Waals surface area contributed by atoms with Crippen LogP contribution in [0, 0.1) is 0 Å². The number of rotatable bonds is 9. The fraction of sp³-hybridized carbons (Fsp3) is 0.0800. The van der Waals surface area contributed by atoms with Gasteiger partial charge in [-0.1, -0.05) is 54.2 Å². The van der Waals surface area contributed by atoms with Crippen LogP contribution in [0.4, 0.5) is 0 Å². The van der Waals surface area contributed by atoms with Crippen LogP contribution in [0.2, 0.25) is 0 Å². The molecule has 0 radical (unpaired) electrons. The number of amides is 1. The Morgan fingerprint density at radius 2 is 1.74 bits per heavy atom. The molecule has 9 nitrogen and oxygen atoms in total. The number of hydrazone groups is 1. The first-order valence-corrected chi connectivity index (χ1v) is 11.4. The predicted octanol–water partition coefficient (Wildman–Crippen LogP) is 1.76. The van der Waals surface area contributed by atoms with E-state index in [-0.39, 0.29) is 17.1 Å². The van der Waals surface area contributed by atoms with Crippen molar-refractivity contribution in [2.24, 2.45) is 5.10 Å². The highest BCUT2D eigenvalue weighted by molar-refractivity contribution is 7.99. The van der Waals surface area contributed by atoms with Crippen LogP contribution in [0.15, 0.2) is 93.9 Å². The minimum atomic E-state index is -1.35. The molecule has 0 saturated carbocycles. The standard InChI is InChI=1S/C25H20N4O5S/c30-22(28-26-14-17-8-4-7-13-21(17)34-15-23(31)32)16-35-25-27-20-12-6-5-11-19(20)24(33)29(25)18-9-2-1-3-10-18/h1-14H,15-16H2,(H,28,30)(H,31,32)/p-1/b26-14-. The molecule has 0 saturated heterocycles. The van der Waals surface area contributed by atoms with Crippen LogP contribution in [0.1, 0.15) is 5.56 Å². The minimum Gasteiger partial charge on any atom is -0.546 e. The van der Waals surface area contributed by atoms with E-state index in [0.717, 1.165) is 11.8 Å². The number of para-hydroxylation sites is 3. The predicted molar refractivity (Wildman–Crippen MR) is 131 cm³/mol. The van der Waals surface area contributed by atoms with E-state index in [9.17, 15) is 19.5 Å². The van der Waals surface area contributed by atoms with Gasteiger partial charge in [0.2, 0.25) is 0 Å². The summed E-state index contributed by atoms with van der Waals surface area (Å²) in [5.41, 5.74) is 3.85. The summed E-state index contributed by atoms with van der Waals surface area (Å²) in [4.78, 5) is 40.8. The van der Waals surface area contributed by atoms with Crippen LogP contribution in [0.5, 0.6) is 5.75 Å². The van der Waals surface area contributed by atoms with Gasteiger partial charge in [0.1, 0.15) is 12.4 Å². The van der Waals surface area contributed by atoms with Crippen molar-refractivity contribution in [3.05, 3.63) is 94.8 Å². The summed E-state index contributed by atoms with van der Waals surface area (Å²) in [7, 11) is 0. The fourth-order valence-electron chi connectivity index (χ4n) is 3.21. The normalized spacial score (nSPS) is 11.0. The van der Waals surface area contributed by atoms with E-state index in [1.165, 1.54) is 10.8 Å². The molecular formula is C25H19N4O5S-. The fourth-order valence-corrected chi connectivity index (χ4v) is 4.01. The van der Waals surface area contributed by atoms with Crippen molar-refractivity contribution in [2.75, 3.05) is 12.4 Å². The lowest BCUT2D eigenvalue weighted by molar-refractivity contribution is -0.307. The van der Waals surface area contributed by atoms with Gasteiger partial charge in [-0.15, -0.1) is 0 Å². The number of nitrogens with one attached hydrogen (secondary N) is 1. The first kappa shape index (κ1) is 23.7. The summed E-state index contributed by atoms with van der Waals surface area (Å²) >= 11 is 1.11. The van der Waals surface area contributed by atoms with Crippen molar-refractivity contribution < 1.29 is 19.4 Å². The Labute approximate surface area is 204 Å². The van der Waals surface area contributed by atoms with Gasteiger partial charge in [-0.2, -0.15) is 5.10 Å². The molecule has 0 aliphatic rings. The van der Waals surface area contributed by atoms with Crippen LogP contribution in [-0.4, -0.2) is 40.0 Å². The molecule has 10 heteroatoms. The van der Waals surface area contributed by atoms with Gasteiger partial charge >= 0.3 is 0 Å². The molecule has 1 aromatic heterocycles. The summed E-state index contributed by atoms with van der Waals surface area (Å²) in [5.74, 6) is -1.52. The third kappa shape index (κ3) is 5.92. The molecule has 35 heavy (non-hydrogen) atoms. The van der Waals surface area contributed by atoms with E-state index in [0.29, 0.717) is 27.3 Å². The molecule has 0 spiro atoms. The SMILES string of the molecule is O=C([O-])COc1ccccc1/C=N\NC(=O)CSc1nc2ccccc2c(=O)n1-c1ccccc1. The zero-order chi connectivity index (χ0) is 24.6. The van der Waals surface area contributed by atoms with Crippen LogP contribution in [0.3, 0.4) is 0 Å². The van der Waals surface area contributed by atoms with Crippen molar-refractivity contribution >= 4 is 40.8 Å². The number of aromatic nitrogens is 2. The van der Waals surface area contributed by atoms with Gasteiger partial charge in [0, 0.05) is 5.56 Å². The molecule has 4 aromatic rings. The molecule has 1 heterocycles. The van der Waals surface area contributed by atoms with Crippen molar-refractivity contribution in [2.45, 2.75) is 5.16 Å². The van der Waals surface area contributed by atoms with Gasteiger partial charge in [0.15, 0.2) is 5.16 Å². The van der Waals surface area contributed by atoms with E-state index >= 15 is 0 Å². The molecule has 3 aromatic carbocycles. The number of aliphatic carboxylic acids is 1. The number of carbonyl (C=O) groups excluding carboxylic acids is 2. The third-order valence-corrected chi connectivity index (χ3v) is 5.69. The van der Waals surface area contributed by atoms with Gasteiger partial charge in [0.05, 0.1) is 34.5 Å². The zero-order valence-electron chi connectivity index (χ0n) is 18.3. The molecule has 0 aliphatic carbocycles. The second-order valence-corrected chi connectivity index (χ2v) is 8.11. The van der Waals surface area contributed by atoms with Crippen LogP contribution < -0.4 is 20.8 Å². The van der Waals surface area contributed by atoms with Crippen molar-refractivity contribution in [3.63, 3.8) is 0 Å². The number of hydrogen-bond acceptors (Lipinski definition) is 8. The molecule has 0 atom stereocenters. The van der Waals surface area contributed by atoms with E-state index in [2.05, 4.69) is 15.5 Å². The first-order valence-electron chi connectivity index (χ1n) is 10.5. The summed E-state index contributed by atoms with van der Waals surface area (Å²) in [6.45, 7) is -0.601. The second-order valence-electron chi connectivity index (χ2n) is 7.17. The smallest absolute Gasteiger partial charge is 0.266 e. The molecule has 4 rings (SSSR count). The van der Waals surface area contributed by atoms with E-state index in [1.54, 1.807) is 60.7 Å². The second kappa shape index (κ2) is 11.1. The van der Waals surface area contributed by atoms with Gasteiger partial charge in [0.25, 0.3) is 11.5 Å². The van der Waals surface area contributed by atoms with Crippen molar-refractivity contribution in [1.29, 1.82) is 0 Å². The highest BCUT2D eigenvalue weighted by Gasteiger charge is 2.14. The van der Waals surface area contributed by atoms with Crippen LogP contribution in [0.25, 0.3) is 16.6 Å². The molecule has 0 aliphatic heterocycles. The van der Waals surface area contributed by atoms with E-state index in [1.807, 2.05) is 18.2 Å².